The molecule has 17 heavy (non-hydrogen) atoms. The third-order valence-corrected chi connectivity index (χ3v) is 2.56. The fourth-order valence-electron chi connectivity index (χ4n) is 1.48. The Labute approximate surface area is 104 Å². The van der Waals surface area contributed by atoms with E-state index in [2.05, 4.69) is 12.2 Å². The SMILES string of the molecule is CCCCNCCOCc1ccc(OC)cc1. The van der Waals surface area contributed by atoms with Crippen molar-refractivity contribution >= 4 is 0 Å². The van der Waals surface area contributed by atoms with Crippen LogP contribution in [0.25, 0.3) is 0 Å². The Kier molecular flexibility index (Phi) is 7.43. The van der Waals surface area contributed by atoms with Gasteiger partial charge in [0, 0.05) is 6.54 Å². The molecule has 3 nitrogen and oxygen atoms in total. The molecule has 0 spiro atoms. The van der Waals surface area contributed by atoms with Gasteiger partial charge in [-0.1, -0.05) is 25.5 Å². The molecule has 0 bridgehead atoms. The summed E-state index contributed by atoms with van der Waals surface area (Å²) in [5, 5.41) is 3.35. The maximum Gasteiger partial charge on any atom is 0.118 e. The van der Waals surface area contributed by atoms with E-state index in [1.807, 2.05) is 24.3 Å². The van der Waals surface area contributed by atoms with Gasteiger partial charge in [-0.3, -0.25) is 0 Å². The van der Waals surface area contributed by atoms with Crippen LogP contribution in [0.3, 0.4) is 0 Å². The van der Waals surface area contributed by atoms with Gasteiger partial charge in [-0.05, 0) is 30.7 Å². The molecule has 0 radical (unpaired) electrons. The molecule has 0 aliphatic carbocycles. The maximum absolute atomic E-state index is 5.57. The van der Waals surface area contributed by atoms with Gasteiger partial charge < -0.3 is 14.8 Å². The van der Waals surface area contributed by atoms with Crippen LogP contribution in [0.4, 0.5) is 0 Å². The number of hydrogen-bond donors (Lipinski definition) is 1. The summed E-state index contributed by atoms with van der Waals surface area (Å²) in [5.74, 6) is 0.884. The Bertz CT molecular complexity index is 285. The molecular weight excluding hydrogens is 214 g/mol. The Morgan fingerprint density at radius 1 is 1.12 bits per heavy atom. The van der Waals surface area contributed by atoms with Gasteiger partial charge in [0.25, 0.3) is 0 Å². The van der Waals surface area contributed by atoms with Gasteiger partial charge in [0.05, 0.1) is 20.3 Å². The van der Waals surface area contributed by atoms with Crippen LogP contribution < -0.4 is 10.1 Å². The minimum Gasteiger partial charge on any atom is -0.497 e. The molecule has 0 saturated heterocycles. The predicted octanol–water partition coefficient (Wildman–Crippen LogP) is 2.60. The lowest BCUT2D eigenvalue weighted by Gasteiger charge is -2.06. The maximum atomic E-state index is 5.57. The van der Waals surface area contributed by atoms with Crippen LogP contribution in [0.5, 0.6) is 5.75 Å². The molecule has 0 aliphatic rings. The average molecular weight is 237 g/mol. The first kappa shape index (κ1) is 14.0. The minimum absolute atomic E-state index is 0.666. The molecule has 1 aromatic rings. The highest BCUT2D eigenvalue weighted by Crippen LogP contribution is 2.11. The van der Waals surface area contributed by atoms with Crippen LogP contribution in [-0.2, 0) is 11.3 Å². The Hall–Kier alpha value is -1.06. The summed E-state index contributed by atoms with van der Waals surface area (Å²) in [6, 6.07) is 7.98. The van der Waals surface area contributed by atoms with Gasteiger partial charge in [0.2, 0.25) is 0 Å². The number of rotatable bonds is 9. The van der Waals surface area contributed by atoms with E-state index in [0.29, 0.717) is 6.61 Å². The Morgan fingerprint density at radius 3 is 2.53 bits per heavy atom. The molecule has 1 rings (SSSR count). The van der Waals surface area contributed by atoms with E-state index in [0.717, 1.165) is 25.4 Å². The van der Waals surface area contributed by atoms with Crippen molar-refractivity contribution in [2.45, 2.75) is 26.4 Å². The molecule has 0 saturated carbocycles. The molecule has 0 fully saturated rings. The van der Waals surface area contributed by atoms with Gasteiger partial charge >= 0.3 is 0 Å². The van der Waals surface area contributed by atoms with Crippen molar-refractivity contribution in [1.82, 2.24) is 5.32 Å². The van der Waals surface area contributed by atoms with Crippen LogP contribution in [0.1, 0.15) is 25.3 Å². The number of hydrogen-bond acceptors (Lipinski definition) is 3. The van der Waals surface area contributed by atoms with Gasteiger partial charge in [0.15, 0.2) is 0 Å². The van der Waals surface area contributed by atoms with Gasteiger partial charge in [0.1, 0.15) is 5.75 Å². The fraction of sp³-hybridized carbons (Fsp3) is 0.571. The molecule has 3 heteroatoms. The molecule has 0 unspecified atom stereocenters. The summed E-state index contributed by atoms with van der Waals surface area (Å²) in [5.41, 5.74) is 1.18. The normalized spacial score (nSPS) is 10.5. The fourth-order valence-corrected chi connectivity index (χ4v) is 1.48. The second-order valence-corrected chi connectivity index (χ2v) is 4.00. The second-order valence-electron chi connectivity index (χ2n) is 4.00. The third kappa shape index (κ3) is 6.29. The van der Waals surface area contributed by atoms with Crippen molar-refractivity contribution in [3.05, 3.63) is 29.8 Å². The number of ether oxygens (including phenoxy) is 2. The highest BCUT2D eigenvalue weighted by Gasteiger charge is 1.94. The number of unbranched alkanes of at least 4 members (excludes halogenated alkanes) is 1. The van der Waals surface area contributed by atoms with E-state index in [1.165, 1.54) is 18.4 Å². The topological polar surface area (TPSA) is 30.5 Å². The first-order valence-electron chi connectivity index (χ1n) is 6.28. The van der Waals surface area contributed by atoms with Crippen LogP contribution in [0, 0.1) is 0 Å². The highest BCUT2D eigenvalue weighted by molar-refractivity contribution is 5.26. The van der Waals surface area contributed by atoms with E-state index in [1.54, 1.807) is 7.11 Å². The zero-order valence-corrected chi connectivity index (χ0v) is 10.9. The first-order valence-corrected chi connectivity index (χ1v) is 6.28. The Balaban J connectivity index is 2.05. The lowest BCUT2D eigenvalue weighted by atomic mass is 10.2. The molecule has 96 valence electrons. The second kappa shape index (κ2) is 9.02. The summed E-state index contributed by atoms with van der Waals surface area (Å²) in [6.45, 7) is 5.63. The first-order chi connectivity index (χ1) is 8.36. The van der Waals surface area contributed by atoms with Gasteiger partial charge in [-0.15, -0.1) is 0 Å². The zero-order chi connectivity index (χ0) is 12.3. The predicted molar refractivity (Wildman–Crippen MR) is 70.4 cm³/mol. The summed E-state index contributed by atoms with van der Waals surface area (Å²) in [4.78, 5) is 0. The monoisotopic (exact) mass is 237 g/mol. The van der Waals surface area contributed by atoms with Gasteiger partial charge in [-0.2, -0.15) is 0 Å². The Morgan fingerprint density at radius 2 is 1.88 bits per heavy atom. The lowest BCUT2D eigenvalue weighted by molar-refractivity contribution is 0.122. The standard InChI is InChI=1S/C14H23NO2/c1-3-4-9-15-10-11-17-12-13-5-7-14(16-2)8-6-13/h5-8,15H,3-4,9-12H2,1-2H3. The number of methoxy groups -OCH3 is 1. The largest absolute Gasteiger partial charge is 0.497 e. The van der Waals surface area contributed by atoms with Crippen molar-refractivity contribution in [1.29, 1.82) is 0 Å². The smallest absolute Gasteiger partial charge is 0.118 e. The number of benzene rings is 1. The molecule has 0 aliphatic heterocycles. The van der Waals surface area contributed by atoms with Crippen molar-refractivity contribution in [2.24, 2.45) is 0 Å². The quantitative estimate of drug-likeness (QED) is 0.670. The average Bonchev–Trinajstić information content (AvgIpc) is 2.38. The molecule has 0 atom stereocenters. The molecule has 0 aromatic heterocycles. The molecule has 0 amide bonds. The summed E-state index contributed by atoms with van der Waals surface area (Å²) < 4.78 is 10.7. The van der Waals surface area contributed by atoms with Crippen molar-refractivity contribution in [3.8, 4) is 5.75 Å². The van der Waals surface area contributed by atoms with Crippen LogP contribution in [0.2, 0.25) is 0 Å². The van der Waals surface area contributed by atoms with E-state index >= 15 is 0 Å². The van der Waals surface area contributed by atoms with Crippen molar-refractivity contribution < 1.29 is 9.47 Å². The molecule has 1 aromatic carbocycles. The zero-order valence-electron chi connectivity index (χ0n) is 10.9. The summed E-state index contributed by atoms with van der Waals surface area (Å²) >= 11 is 0. The van der Waals surface area contributed by atoms with Crippen LogP contribution >= 0.6 is 0 Å². The molecule has 0 heterocycles. The minimum atomic E-state index is 0.666. The number of nitrogens with one attached hydrogen (secondary N) is 1. The van der Waals surface area contributed by atoms with E-state index in [9.17, 15) is 0 Å². The van der Waals surface area contributed by atoms with Crippen molar-refractivity contribution in [3.63, 3.8) is 0 Å². The van der Waals surface area contributed by atoms with Crippen LogP contribution in [0.15, 0.2) is 24.3 Å². The molecule has 1 N–H and O–H groups in total. The molecular formula is C14H23NO2. The third-order valence-electron chi connectivity index (χ3n) is 2.56. The summed E-state index contributed by atoms with van der Waals surface area (Å²) in [7, 11) is 1.67. The highest BCUT2D eigenvalue weighted by atomic mass is 16.5. The lowest BCUT2D eigenvalue weighted by Crippen LogP contribution is -2.20. The van der Waals surface area contributed by atoms with Crippen LogP contribution in [-0.4, -0.2) is 26.8 Å². The van der Waals surface area contributed by atoms with E-state index in [-0.39, 0.29) is 0 Å². The van der Waals surface area contributed by atoms with E-state index < -0.39 is 0 Å². The summed E-state index contributed by atoms with van der Waals surface area (Å²) in [6.07, 6.45) is 2.47. The van der Waals surface area contributed by atoms with Gasteiger partial charge in [-0.25, -0.2) is 0 Å². The van der Waals surface area contributed by atoms with E-state index in [4.69, 9.17) is 9.47 Å². The van der Waals surface area contributed by atoms with Crippen molar-refractivity contribution in [2.75, 3.05) is 26.8 Å².